The summed E-state index contributed by atoms with van der Waals surface area (Å²) >= 11 is 0. The van der Waals surface area contributed by atoms with Crippen molar-refractivity contribution in [2.75, 3.05) is 0 Å². The first-order valence-corrected chi connectivity index (χ1v) is 4.02. The van der Waals surface area contributed by atoms with Gasteiger partial charge in [0.2, 0.25) is 5.69 Å². The Bertz CT molecular complexity index is 540. The molecule has 0 saturated carbocycles. The molecule has 0 amide bonds. The van der Waals surface area contributed by atoms with Crippen molar-refractivity contribution in [1.82, 2.24) is 5.27 Å². The third-order valence-electron chi connectivity index (χ3n) is 1.82. The van der Waals surface area contributed by atoms with Gasteiger partial charge in [-0.15, -0.1) is 0 Å². The minimum Gasteiger partial charge on any atom is -0.283 e. The van der Waals surface area contributed by atoms with Crippen molar-refractivity contribution in [3.05, 3.63) is 51.0 Å². The molecule has 0 spiro atoms. The Morgan fingerprint density at radius 2 is 2.00 bits per heavy atom. The minimum atomic E-state index is -0.520. The van der Waals surface area contributed by atoms with Crippen molar-refractivity contribution in [2.45, 2.75) is 0 Å². The van der Waals surface area contributed by atoms with Crippen molar-refractivity contribution in [3.8, 4) is 5.69 Å². The number of aromatic amines is 1. The molecule has 1 aromatic heterocycles. The van der Waals surface area contributed by atoms with Crippen LogP contribution in [0.15, 0.2) is 39.8 Å². The van der Waals surface area contributed by atoms with Crippen molar-refractivity contribution in [2.24, 2.45) is 0 Å². The smallest absolute Gasteiger partial charge is 0.283 e. The lowest BCUT2D eigenvalue weighted by atomic mass is 10.3. The average molecular weight is 208 g/mol. The third-order valence-corrected chi connectivity index (χ3v) is 1.82. The molecule has 0 aliphatic rings. The molecule has 0 saturated heterocycles. The number of benzene rings is 1. The van der Waals surface area contributed by atoms with Gasteiger partial charge < -0.3 is 0 Å². The molecule has 7 heteroatoms. The number of nitrogens with one attached hydrogen (secondary N) is 1. The fourth-order valence-electron chi connectivity index (χ4n) is 1.11. The number of nitro benzene ring substituents is 1. The van der Waals surface area contributed by atoms with Crippen LogP contribution in [0.4, 0.5) is 5.69 Å². The van der Waals surface area contributed by atoms with Crippen LogP contribution in [0.5, 0.6) is 0 Å². The Balaban J connectivity index is 2.39. The van der Waals surface area contributed by atoms with Crippen LogP contribution in [0, 0.1) is 10.1 Å². The SMILES string of the molecule is O=c1c[n+](-c2ccc([N+](=O)[O-])cc2)[nH]o1. The molecule has 0 radical (unpaired) electrons. The fourth-order valence-corrected chi connectivity index (χ4v) is 1.11. The maximum atomic E-state index is 10.7. The van der Waals surface area contributed by atoms with Crippen LogP contribution in [0.2, 0.25) is 0 Å². The number of nitrogens with zero attached hydrogens (tertiary/aromatic N) is 2. The number of nitro groups is 1. The van der Waals surface area contributed by atoms with Gasteiger partial charge in [0, 0.05) is 24.3 Å². The van der Waals surface area contributed by atoms with E-state index >= 15 is 0 Å². The fraction of sp³-hybridized carbons (Fsp3) is 0. The summed E-state index contributed by atoms with van der Waals surface area (Å²) in [4.78, 5) is 20.6. The van der Waals surface area contributed by atoms with Crippen molar-refractivity contribution < 1.29 is 14.1 Å². The van der Waals surface area contributed by atoms with E-state index in [0.29, 0.717) is 5.69 Å². The Morgan fingerprint density at radius 1 is 1.33 bits per heavy atom. The van der Waals surface area contributed by atoms with Gasteiger partial charge in [-0.1, -0.05) is 0 Å². The lowest BCUT2D eigenvalue weighted by Crippen LogP contribution is -2.31. The van der Waals surface area contributed by atoms with Crippen LogP contribution < -0.4 is 10.3 Å². The highest BCUT2D eigenvalue weighted by atomic mass is 16.6. The normalized spacial score (nSPS) is 10.1. The van der Waals surface area contributed by atoms with Crippen LogP contribution in [0.25, 0.3) is 5.69 Å². The maximum Gasteiger partial charge on any atom is 0.427 e. The van der Waals surface area contributed by atoms with Gasteiger partial charge >= 0.3 is 5.63 Å². The minimum absolute atomic E-state index is 0.00908. The highest BCUT2D eigenvalue weighted by molar-refractivity contribution is 5.35. The molecule has 1 N–H and O–H groups in total. The molecule has 0 fully saturated rings. The molecule has 2 rings (SSSR count). The second kappa shape index (κ2) is 3.37. The van der Waals surface area contributed by atoms with E-state index in [1.54, 1.807) is 0 Å². The number of hydrogen-bond donors (Lipinski definition) is 1. The van der Waals surface area contributed by atoms with E-state index in [2.05, 4.69) is 9.79 Å². The number of H-pyrrole nitrogens is 1. The molecule has 2 aromatic rings. The summed E-state index contributed by atoms with van der Waals surface area (Å²) in [6.07, 6.45) is 1.20. The van der Waals surface area contributed by atoms with E-state index in [0.717, 1.165) is 0 Å². The van der Waals surface area contributed by atoms with Gasteiger partial charge in [-0.05, 0) is 9.95 Å². The summed E-state index contributed by atoms with van der Waals surface area (Å²) in [6.45, 7) is 0. The van der Waals surface area contributed by atoms with Crippen LogP contribution in [0.3, 0.4) is 0 Å². The molecule has 0 atom stereocenters. The summed E-state index contributed by atoms with van der Waals surface area (Å²) < 4.78 is 5.77. The Hall–Kier alpha value is -2.44. The first-order valence-electron chi connectivity index (χ1n) is 4.02. The molecule has 0 unspecified atom stereocenters. The monoisotopic (exact) mass is 208 g/mol. The summed E-state index contributed by atoms with van der Waals surface area (Å²) in [7, 11) is 0. The largest absolute Gasteiger partial charge is 0.427 e. The van der Waals surface area contributed by atoms with Crippen LogP contribution in [-0.2, 0) is 0 Å². The van der Waals surface area contributed by atoms with Gasteiger partial charge in [-0.2, -0.15) is 0 Å². The van der Waals surface area contributed by atoms with Gasteiger partial charge in [0.25, 0.3) is 11.9 Å². The standard InChI is InChI=1S/C8H5N3O4/c12-8-5-10(9-15-8)6-1-3-7(4-2-6)11(13)14/h1-5H/p+1. The lowest BCUT2D eigenvalue weighted by Gasteiger charge is -1.89. The van der Waals surface area contributed by atoms with Crippen molar-refractivity contribution in [1.29, 1.82) is 0 Å². The van der Waals surface area contributed by atoms with Gasteiger partial charge in [0.15, 0.2) is 0 Å². The van der Waals surface area contributed by atoms with E-state index in [1.807, 2.05) is 0 Å². The second-order valence-corrected chi connectivity index (χ2v) is 2.78. The van der Waals surface area contributed by atoms with E-state index in [9.17, 15) is 14.9 Å². The first kappa shape index (κ1) is 9.13. The van der Waals surface area contributed by atoms with E-state index in [-0.39, 0.29) is 5.69 Å². The van der Waals surface area contributed by atoms with Gasteiger partial charge in [-0.3, -0.25) is 14.6 Å². The lowest BCUT2D eigenvalue weighted by molar-refractivity contribution is -0.670. The van der Waals surface area contributed by atoms with Crippen LogP contribution in [0.1, 0.15) is 0 Å². The molecule has 76 valence electrons. The zero-order valence-electron chi connectivity index (χ0n) is 7.41. The Labute approximate surface area is 82.7 Å². The Morgan fingerprint density at radius 3 is 2.47 bits per heavy atom. The van der Waals surface area contributed by atoms with E-state index in [4.69, 9.17) is 0 Å². The van der Waals surface area contributed by atoms with Crippen molar-refractivity contribution >= 4 is 5.69 Å². The molecule has 1 aromatic carbocycles. The summed E-state index contributed by atoms with van der Waals surface area (Å²) in [6, 6.07) is 5.69. The van der Waals surface area contributed by atoms with Gasteiger partial charge in [-0.25, -0.2) is 4.79 Å². The number of aromatic nitrogens is 2. The predicted molar refractivity (Wildman–Crippen MR) is 47.5 cm³/mol. The van der Waals surface area contributed by atoms with Gasteiger partial charge in [0.05, 0.1) is 4.92 Å². The number of non-ortho nitro benzene ring substituents is 1. The third kappa shape index (κ3) is 1.75. The molecule has 15 heavy (non-hydrogen) atoms. The van der Waals surface area contributed by atoms with Crippen LogP contribution >= 0.6 is 0 Å². The van der Waals surface area contributed by atoms with E-state index < -0.39 is 10.5 Å². The number of rotatable bonds is 2. The second-order valence-electron chi connectivity index (χ2n) is 2.78. The highest BCUT2D eigenvalue weighted by Crippen LogP contribution is 2.10. The molecule has 0 aliphatic carbocycles. The molecule has 1 heterocycles. The summed E-state index contributed by atoms with van der Waals surface area (Å²) in [5, 5.41) is 12.7. The zero-order chi connectivity index (χ0) is 10.8. The molecular formula is C8H6N3O4+. The summed E-state index contributed by atoms with van der Waals surface area (Å²) in [5.74, 6) is 0. The van der Waals surface area contributed by atoms with Gasteiger partial charge in [0.1, 0.15) is 0 Å². The van der Waals surface area contributed by atoms with E-state index in [1.165, 1.54) is 35.1 Å². The summed E-state index contributed by atoms with van der Waals surface area (Å²) in [5.41, 5.74) is 0.0463. The molecule has 0 bridgehead atoms. The van der Waals surface area contributed by atoms with Crippen LogP contribution in [-0.4, -0.2) is 10.2 Å². The Kier molecular flexibility index (Phi) is 2.05. The average Bonchev–Trinajstić information content (AvgIpc) is 2.65. The zero-order valence-corrected chi connectivity index (χ0v) is 7.41. The topological polar surface area (TPSA) is 93.0 Å². The maximum absolute atomic E-state index is 10.7. The predicted octanol–water partition coefficient (Wildman–Crippen LogP) is 0.153. The molecular weight excluding hydrogens is 202 g/mol. The molecule has 7 nitrogen and oxygen atoms in total. The highest BCUT2D eigenvalue weighted by Gasteiger charge is 2.12. The molecule has 0 aliphatic heterocycles. The quantitative estimate of drug-likeness (QED) is 0.432. The first-order chi connectivity index (χ1) is 7.16. The number of hydrogen-bond acceptors (Lipinski definition) is 4. The van der Waals surface area contributed by atoms with Crippen molar-refractivity contribution in [3.63, 3.8) is 0 Å².